The molecule has 33 heavy (non-hydrogen) atoms. The van der Waals surface area contributed by atoms with Crippen molar-refractivity contribution in [2.24, 2.45) is 0 Å². The minimum Gasteiger partial charge on any atom is -0.337 e. The number of nitrogens with zero attached hydrogens (tertiary/aromatic N) is 4. The molecule has 2 aromatic heterocycles. The van der Waals surface area contributed by atoms with Crippen molar-refractivity contribution in [3.63, 3.8) is 0 Å². The van der Waals surface area contributed by atoms with Gasteiger partial charge in [-0.25, -0.2) is 9.36 Å². The highest BCUT2D eigenvalue weighted by Crippen LogP contribution is 2.18. The van der Waals surface area contributed by atoms with Gasteiger partial charge in [-0.1, -0.05) is 53.2 Å². The van der Waals surface area contributed by atoms with Gasteiger partial charge in [-0.05, 0) is 56.2 Å². The first kappa shape index (κ1) is 20.6. The van der Waals surface area contributed by atoms with Gasteiger partial charge in [0.1, 0.15) is 6.54 Å². The first-order chi connectivity index (χ1) is 15.9. The van der Waals surface area contributed by atoms with Crippen LogP contribution in [-0.4, -0.2) is 19.3 Å². The highest BCUT2D eigenvalue weighted by molar-refractivity contribution is 5.78. The fraction of sp³-hybridized carbons (Fsp3) is 0.154. The molecule has 0 aliphatic heterocycles. The fourth-order valence-corrected chi connectivity index (χ4v) is 4.06. The Morgan fingerprint density at radius 3 is 2.27 bits per heavy atom. The van der Waals surface area contributed by atoms with Crippen molar-refractivity contribution in [1.82, 2.24) is 19.3 Å². The van der Waals surface area contributed by atoms with Gasteiger partial charge in [-0.2, -0.15) is 4.98 Å². The molecule has 0 N–H and O–H groups in total. The molecule has 0 aliphatic carbocycles. The zero-order chi connectivity index (χ0) is 23.1. The molecule has 7 nitrogen and oxygen atoms in total. The van der Waals surface area contributed by atoms with Crippen molar-refractivity contribution in [1.29, 1.82) is 0 Å². The predicted molar refractivity (Wildman–Crippen MR) is 127 cm³/mol. The summed E-state index contributed by atoms with van der Waals surface area (Å²) in [5.74, 6) is 0.730. The van der Waals surface area contributed by atoms with Crippen LogP contribution in [0.5, 0.6) is 0 Å². The van der Waals surface area contributed by atoms with E-state index >= 15 is 0 Å². The number of para-hydroxylation sites is 1. The molecule has 0 spiro atoms. The molecule has 5 rings (SSSR count). The lowest BCUT2D eigenvalue weighted by Gasteiger charge is -2.13. The molecule has 0 radical (unpaired) electrons. The molecule has 0 saturated heterocycles. The van der Waals surface area contributed by atoms with Crippen LogP contribution in [0.15, 0.2) is 80.8 Å². The Hall–Kier alpha value is -4.26. The van der Waals surface area contributed by atoms with Gasteiger partial charge in [0, 0.05) is 5.56 Å². The van der Waals surface area contributed by atoms with Gasteiger partial charge in [-0.15, -0.1) is 0 Å². The predicted octanol–water partition coefficient (Wildman–Crippen LogP) is 4.18. The summed E-state index contributed by atoms with van der Waals surface area (Å²) in [4.78, 5) is 31.4. The number of hydrogen-bond donors (Lipinski definition) is 0. The monoisotopic (exact) mass is 438 g/mol. The molecule has 0 fully saturated rings. The minimum absolute atomic E-state index is 0.0449. The quantitative estimate of drug-likeness (QED) is 0.420. The lowest BCUT2D eigenvalue weighted by molar-refractivity contribution is 0.370. The fourth-order valence-electron chi connectivity index (χ4n) is 4.06. The number of aromatic nitrogens is 4. The van der Waals surface area contributed by atoms with E-state index in [0.29, 0.717) is 22.4 Å². The molecule has 0 aliphatic rings. The van der Waals surface area contributed by atoms with Crippen LogP contribution >= 0.6 is 0 Å². The maximum absolute atomic E-state index is 13.6. The van der Waals surface area contributed by atoms with E-state index < -0.39 is 5.69 Å². The van der Waals surface area contributed by atoms with E-state index in [9.17, 15) is 9.59 Å². The molecule has 0 unspecified atom stereocenters. The third-order valence-corrected chi connectivity index (χ3v) is 5.59. The van der Waals surface area contributed by atoms with E-state index in [1.807, 2.05) is 63.2 Å². The number of benzene rings is 3. The zero-order valence-corrected chi connectivity index (χ0v) is 18.6. The number of hydrogen-bond acceptors (Lipinski definition) is 5. The van der Waals surface area contributed by atoms with E-state index in [1.165, 1.54) is 9.13 Å². The van der Waals surface area contributed by atoms with E-state index in [2.05, 4.69) is 10.1 Å². The van der Waals surface area contributed by atoms with E-state index in [4.69, 9.17) is 4.52 Å². The normalized spacial score (nSPS) is 11.2. The van der Waals surface area contributed by atoms with Gasteiger partial charge in [-0.3, -0.25) is 9.36 Å². The average molecular weight is 438 g/mol. The first-order valence-electron chi connectivity index (χ1n) is 10.6. The van der Waals surface area contributed by atoms with Crippen molar-refractivity contribution in [3.05, 3.63) is 110 Å². The van der Waals surface area contributed by atoms with Crippen molar-refractivity contribution < 1.29 is 4.52 Å². The number of aryl methyl sites for hydroxylation is 3. The van der Waals surface area contributed by atoms with Crippen LogP contribution in [0.1, 0.15) is 22.6 Å². The van der Waals surface area contributed by atoms with Gasteiger partial charge < -0.3 is 4.52 Å². The Kier molecular flexibility index (Phi) is 5.01. The van der Waals surface area contributed by atoms with E-state index in [0.717, 1.165) is 22.3 Å². The Labute approximate surface area is 189 Å². The Bertz CT molecular complexity index is 1590. The van der Waals surface area contributed by atoms with Gasteiger partial charge in [0.15, 0.2) is 0 Å². The third-order valence-electron chi connectivity index (χ3n) is 5.59. The Balaban J connectivity index is 1.67. The SMILES string of the molecule is Cc1ccc(-c2noc(Cn3c(=O)n(-c4cc(C)cc(C)c4)c(=O)c4ccccc43)n2)cc1. The zero-order valence-electron chi connectivity index (χ0n) is 18.6. The molecule has 7 heteroatoms. The third kappa shape index (κ3) is 3.78. The second kappa shape index (κ2) is 8.02. The molecule has 0 amide bonds. The van der Waals surface area contributed by atoms with Crippen molar-refractivity contribution in [3.8, 4) is 17.1 Å². The van der Waals surface area contributed by atoms with Crippen LogP contribution < -0.4 is 11.2 Å². The maximum atomic E-state index is 13.6. The lowest BCUT2D eigenvalue weighted by Crippen LogP contribution is -2.39. The summed E-state index contributed by atoms with van der Waals surface area (Å²) in [6.45, 7) is 5.93. The summed E-state index contributed by atoms with van der Waals surface area (Å²) in [5, 5.41) is 4.51. The average Bonchev–Trinajstić information content (AvgIpc) is 3.25. The Morgan fingerprint density at radius 1 is 0.848 bits per heavy atom. The molecule has 3 aromatic carbocycles. The smallest absolute Gasteiger partial charge is 0.336 e. The van der Waals surface area contributed by atoms with Crippen LogP contribution in [-0.2, 0) is 6.54 Å². The summed E-state index contributed by atoms with van der Waals surface area (Å²) >= 11 is 0. The summed E-state index contributed by atoms with van der Waals surface area (Å²) in [5.41, 5.74) is 4.13. The van der Waals surface area contributed by atoms with Gasteiger partial charge >= 0.3 is 5.69 Å². The molecule has 5 aromatic rings. The summed E-state index contributed by atoms with van der Waals surface area (Å²) in [6, 6.07) is 20.5. The summed E-state index contributed by atoms with van der Waals surface area (Å²) in [7, 11) is 0. The van der Waals surface area contributed by atoms with Crippen LogP contribution in [0.25, 0.3) is 28.0 Å². The summed E-state index contributed by atoms with van der Waals surface area (Å²) < 4.78 is 8.17. The van der Waals surface area contributed by atoms with Gasteiger partial charge in [0.2, 0.25) is 11.7 Å². The molecular formula is C26H22N4O3. The molecule has 0 bridgehead atoms. The number of rotatable bonds is 4. The summed E-state index contributed by atoms with van der Waals surface area (Å²) in [6.07, 6.45) is 0. The van der Waals surface area contributed by atoms with Crippen LogP contribution in [0.3, 0.4) is 0 Å². The first-order valence-corrected chi connectivity index (χ1v) is 10.6. The molecule has 164 valence electrons. The largest absolute Gasteiger partial charge is 0.337 e. The molecule has 0 atom stereocenters. The standard InChI is InChI=1S/C26H22N4O3/c1-16-8-10-19(11-9-16)24-27-23(33-28-24)15-29-22-7-5-4-6-21(22)25(31)30(26(29)32)20-13-17(2)12-18(3)14-20/h4-14H,15H2,1-3H3. The van der Waals surface area contributed by atoms with E-state index in [-0.39, 0.29) is 18.0 Å². The maximum Gasteiger partial charge on any atom is 0.336 e. The van der Waals surface area contributed by atoms with Crippen LogP contribution in [0.4, 0.5) is 0 Å². The van der Waals surface area contributed by atoms with Crippen LogP contribution in [0, 0.1) is 20.8 Å². The van der Waals surface area contributed by atoms with Crippen LogP contribution in [0.2, 0.25) is 0 Å². The second-order valence-corrected chi connectivity index (χ2v) is 8.25. The van der Waals surface area contributed by atoms with Crippen molar-refractivity contribution >= 4 is 10.9 Å². The highest BCUT2D eigenvalue weighted by atomic mass is 16.5. The van der Waals surface area contributed by atoms with Gasteiger partial charge in [0.25, 0.3) is 5.56 Å². The number of fused-ring (bicyclic) bond motifs is 1. The van der Waals surface area contributed by atoms with E-state index in [1.54, 1.807) is 24.3 Å². The minimum atomic E-state index is -0.459. The highest BCUT2D eigenvalue weighted by Gasteiger charge is 2.17. The molecule has 2 heterocycles. The van der Waals surface area contributed by atoms with Gasteiger partial charge in [0.05, 0.1) is 16.6 Å². The lowest BCUT2D eigenvalue weighted by atomic mass is 10.1. The van der Waals surface area contributed by atoms with Crippen molar-refractivity contribution in [2.75, 3.05) is 0 Å². The Morgan fingerprint density at radius 2 is 1.55 bits per heavy atom. The topological polar surface area (TPSA) is 82.9 Å². The molecular weight excluding hydrogens is 416 g/mol. The molecule has 0 saturated carbocycles. The second-order valence-electron chi connectivity index (χ2n) is 8.25. The van der Waals surface area contributed by atoms with Crippen molar-refractivity contribution in [2.45, 2.75) is 27.3 Å².